The van der Waals surface area contributed by atoms with Gasteiger partial charge in [0.2, 0.25) is 0 Å². The van der Waals surface area contributed by atoms with Crippen LogP contribution in [0.25, 0.3) is 0 Å². The number of rotatable bonds is 30. The molecule has 0 aromatic heterocycles. The highest BCUT2D eigenvalue weighted by Gasteiger charge is 2.34. The van der Waals surface area contributed by atoms with E-state index in [1.165, 1.54) is 180 Å². The first-order valence-electron chi connectivity index (χ1n) is 17.1. The molecule has 1 N–H and O–H groups in total. The normalized spacial score (nSPS) is 17.3. The minimum atomic E-state index is 1.13. The van der Waals surface area contributed by atoms with Crippen molar-refractivity contribution in [2.75, 3.05) is 13.1 Å². The molecule has 0 saturated heterocycles. The fraction of sp³-hybridized carbons (Fsp3) is 1.00. The Morgan fingerprint density at radius 3 is 1.09 bits per heavy atom. The largest absolute Gasteiger partial charge is 0.317 e. The quantitative estimate of drug-likeness (QED) is 0.0985. The summed E-state index contributed by atoms with van der Waals surface area (Å²) in [5, 5.41) is 3.68. The Labute approximate surface area is 223 Å². The molecule has 1 aliphatic carbocycles. The van der Waals surface area contributed by atoms with Crippen molar-refractivity contribution < 1.29 is 0 Å². The van der Waals surface area contributed by atoms with Gasteiger partial charge in [-0.25, -0.2) is 0 Å². The highest BCUT2D eigenvalue weighted by molar-refractivity contribution is 4.85. The minimum Gasteiger partial charge on any atom is -0.317 e. The molecule has 2 atom stereocenters. The van der Waals surface area contributed by atoms with E-state index in [9.17, 15) is 0 Å². The average molecular weight is 492 g/mol. The number of hydrogen-bond donors (Lipinski definition) is 1. The summed E-state index contributed by atoms with van der Waals surface area (Å²) in [5.41, 5.74) is 0. The zero-order valence-electron chi connectivity index (χ0n) is 24.9. The Hall–Kier alpha value is -0.0400. The van der Waals surface area contributed by atoms with Gasteiger partial charge >= 0.3 is 0 Å². The Bertz CT molecular complexity index is 392. The molecule has 0 heterocycles. The number of nitrogens with one attached hydrogen (secondary N) is 1. The molecular weight excluding hydrogens is 422 g/mol. The molecule has 0 bridgehead atoms. The first kappa shape index (κ1) is 33.0. The van der Waals surface area contributed by atoms with Gasteiger partial charge in [-0.05, 0) is 44.2 Å². The molecule has 35 heavy (non-hydrogen) atoms. The van der Waals surface area contributed by atoms with Crippen LogP contribution in [0, 0.1) is 11.8 Å². The van der Waals surface area contributed by atoms with E-state index in [1.54, 1.807) is 12.8 Å². The van der Waals surface area contributed by atoms with Crippen LogP contribution in [0.4, 0.5) is 0 Å². The molecule has 0 amide bonds. The fourth-order valence-corrected chi connectivity index (χ4v) is 5.95. The summed E-state index contributed by atoms with van der Waals surface area (Å²) in [4.78, 5) is 0. The molecule has 1 fully saturated rings. The number of unbranched alkanes of at least 4 members (excludes halogenated alkanes) is 22. The standard InChI is InChI=1S/C34H69N/c1-3-5-7-8-9-10-14-17-20-23-26-30-35-31-27-24-21-18-15-12-11-13-16-19-22-25-29-34-32-33(34)28-6-4-2/h33-35H,3-32H2,1-2H3. The molecule has 0 spiro atoms. The molecule has 1 rings (SSSR count). The van der Waals surface area contributed by atoms with Crippen molar-refractivity contribution in [3.05, 3.63) is 0 Å². The molecule has 0 aromatic rings. The van der Waals surface area contributed by atoms with Crippen molar-refractivity contribution in [2.24, 2.45) is 11.8 Å². The SMILES string of the molecule is CCCCCCCCCCCCCNCCCCCCCCCCCCCCC1CC1CCCC. The third-order valence-corrected chi connectivity index (χ3v) is 8.63. The van der Waals surface area contributed by atoms with Crippen LogP contribution in [0.5, 0.6) is 0 Å². The smallest absolute Gasteiger partial charge is 0.00489 e. The van der Waals surface area contributed by atoms with Crippen LogP contribution in [0.15, 0.2) is 0 Å². The van der Waals surface area contributed by atoms with Gasteiger partial charge in [-0.3, -0.25) is 0 Å². The highest BCUT2D eigenvalue weighted by atomic mass is 14.8. The van der Waals surface area contributed by atoms with Gasteiger partial charge in [0, 0.05) is 0 Å². The molecule has 1 heteroatoms. The maximum absolute atomic E-state index is 3.68. The van der Waals surface area contributed by atoms with E-state index in [1.807, 2.05) is 0 Å². The Morgan fingerprint density at radius 2 is 0.686 bits per heavy atom. The van der Waals surface area contributed by atoms with Gasteiger partial charge in [0.25, 0.3) is 0 Å². The van der Waals surface area contributed by atoms with Crippen LogP contribution in [-0.2, 0) is 0 Å². The highest BCUT2D eigenvalue weighted by Crippen LogP contribution is 2.45. The maximum atomic E-state index is 3.68. The van der Waals surface area contributed by atoms with Crippen LogP contribution < -0.4 is 5.32 Å². The Morgan fingerprint density at radius 1 is 0.371 bits per heavy atom. The molecule has 210 valence electrons. The van der Waals surface area contributed by atoms with Crippen molar-refractivity contribution in [1.29, 1.82) is 0 Å². The minimum absolute atomic E-state index is 1.13. The molecule has 1 nitrogen and oxygen atoms in total. The van der Waals surface area contributed by atoms with Crippen molar-refractivity contribution in [2.45, 2.75) is 194 Å². The van der Waals surface area contributed by atoms with Crippen LogP contribution >= 0.6 is 0 Å². The summed E-state index contributed by atoms with van der Waals surface area (Å²) >= 11 is 0. The lowest BCUT2D eigenvalue weighted by Gasteiger charge is -2.06. The second-order valence-electron chi connectivity index (χ2n) is 12.2. The summed E-state index contributed by atoms with van der Waals surface area (Å²) in [7, 11) is 0. The van der Waals surface area contributed by atoms with Gasteiger partial charge in [0.05, 0.1) is 0 Å². The molecular formula is C34H69N. The van der Waals surface area contributed by atoms with E-state index in [2.05, 4.69) is 19.2 Å². The summed E-state index contributed by atoms with van der Waals surface area (Å²) in [6.45, 7) is 7.13. The van der Waals surface area contributed by atoms with Gasteiger partial charge < -0.3 is 5.32 Å². The van der Waals surface area contributed by atoms with Crippen molar-refractivity contribution in [1.82, 2.24) is 5.32 Å². The summed E-state index contributed by atoms with van der Waals surface area (Å²) < 4.78 is 0. The van der Waals surface area contributed by atoms with Crippen LogP contribution in [0.1, 0.15) is 194 Å². The molecule has 0 aliphatic heterocycles. The van der Waals surface area contributed by atoms with E-state index in [4.69, 9.17) is 0 Å². The number of hydrogen-bond acceptors (Lipinski definition) is 1. The maximum Gasteiger partial charge on any atom is -0.00489 e. The lowest BCUT2D eigenvalue weighted by molar-refractivity contribution is 0.511. The van der Waals surface area contributed by atoms with Gasteiger partial charge in [0.1, 0.15) is 0 Å². The van der Waals surface area contributed by atoms with Crippen molar-refractivity contribution in [3.63, 3.8) is 0 Å². The molecule has 0 radical (unpaired) electrons. The van der Waals surface area contributed by atoms with Gasteiger partial charge in [0.15, 0.2) is 0 Å². The molecule has 1 saturated carbocycles. The molecule has 0 aromatic carbocycles. The average Bonchev–Trinajstić information content (AvgIpc) is 3.63. The van der Waals surface area contributed by atoms with Gasteiger partial charge in [-0.1, -0.05) is 174 Å². The first-order valence-corrected chi connectivity index (χ1v) is 17.1. The first-order chi connectivity index (χ1) is 17.4. The summed E-state index contributed by atoms with van der Waals surface area (Å²) in [5.74, 6) is 2.26. The summed E-state index contributed by atoms with van der Waals surface area (Å²) in [6, 6.07) is 0. The second-order valence-corrected chi connectivity index (χ2v) is 12.2. The van der Waals surface area contributed by atoms with Crippen LogP contribution in [-0.4, -0.2) is 13.1 Å². The van der Waals surface area contributed by atoms with Gasteiger partial charge in [-0.15, -0.1) is 0 Å². The summed E-state index contributed by atoms with van der Waals surface area (Å²) in [6.07, 6.45) is 41.1. The molecule has 2 unspecified atom stereocenters. The Kier molecular flexibility index (Phi) is 25.5. The lowest BCUT2D eigenvalue weighted by atomic mass is 10.0. The predicted octanol–water partition coefficient (Wildman–Crippen LogP) is 11.8. The predicted molar refractivity (Wildman–Crippen MR) is 160 cm³/mol. The topological polar surface area (TPSA) is 12.0 Å². The van der Waals surface area contributed by atoms with Crippen molar-refractivity contribution >= 4 is 0 Å². The zero-order valence-corrected chi connectivity index (χ0v) is 24.9. The van der Waals surface area contributed by atoms with E-state index in [0.29, 0.717) is 0 Å². The second kappa shape index (κ2) is 27.0. The monoisotopic (exact) mass is 492 g/mol. The van der Waals surface area contributed by atoms with E-state index in [-0.39, 0.29) is 0 Å². The van der Waals surface area contributed by atoms with Crippen LogP contribution in [0.2, 0.25) is 0 Å². The van der Waals surface area contributed by atoms with Crippen LogP contribution in [0.3, 0.4) is 0 Å². The van der Waals surface area contributed by atoms with Crippen molar-refractivity contribution in [3.8, 4) is 0 Å². The molecule has 1 aliphatic rings. The zero-order chi connectivity index (χ0) is 25.1. The lowest BCUT2D eigenvalue weighted by Crippen LogP contribution is -2.16. The third kappa shape index (κ3) is 24.1. The van der Waals surface area contributed by atoms with E-state index < -0.39 is 0 Å². The van der Waals surface area contributed by atoms with E-state index >= 15 is 0 Å². The fourth-order valence-electron chi connectivity index (χ4n) is 5.95. The Balaban J connectivity index is 1.61. The third-order valence-electron chi connectivity index (χ3n) is 8.63. The van der Waals surface area contributed by atoms with Gasteiger partial charge in [-0.2, -0.15) is 0 Å². The van der Waals surface area contributed by atoms with E-state index in [0.717, 1.165) is 11.8 Å².